The molecule has 2 rings (SSSR count). The van der Waals surface area contributed by atoms with Gasteiger partial charge in [-0.2, -0.15) is 4.98 Å². The molecule has 0 fully saturated rings. The molecule has 0 radical (unpaired) electrons. The van der Waals surface area contributed by atoms with Crippen molar-refractivity contribution in [2.45, 2.75) is 32.2 Å². The summed E-state index contributed by atoms with van der Waals surface area (Å²) in [6, 6.07) is 1.70. The highest BCUT2D eigenvalue weighted by molar-refractivity contribution is 5.86. The summed E-state index contributed by atoms with van der Waals surface area (Å²) in [6.07, 6.45) is 3.31. The third kappa shape index (κ3) is 3.16. The lowest BCUT2D eigenvalue weighted by atomic mass is 10.0. The van der Waals surface area contributed by atoms with Gasteiger partial charge >= 0.3 is 5.97 Å². The topological polar surface area (TPSA) is 110 Å². The number of carbonyl (C=O) groups excluding carboxylic acids is 1. The van der Waals surface area contributed by atoms with Crippen LogP contribution in [0.2, 0.25) is 0 Å². The lowest BCUT2D eigenvalue weighted by Gasteiger charge is -2.31. The number of carboxylic acids is 1. The molecule has 0 saturated carbocycles. The maximum Gasteiger partial charge on any atom is 0.329 e. The Morgan fingerprint density at radius 3 is 2.73 bits per heavy atom. The van der Waals surface area contributed by atoms with Crippen LogP contribution in [0, 0.1) is 0 Å². The van der Waals surface area contributed by atoms with Gasteiger partial charge in [0.05, 0.1) is 11.8 Å². The lowest BCUT2D eigenvalue weighted by Crippen LogP contribution is -2.50. The van der Waals surface area contributed by atoms with E-state index in [0.29, 0.717) is 17.3 Å². The monoisotopic (exact) mass is 307 g/mol. The number of carboxylic acid groups (broad SMARTS) is 1. The minimum Gasteiger partial charge on any atom is -0.480 e. The number of aromatic nitrogens is 2. The molecule has 2 aromatic heterocycles. The fraction of sp³-hybridized carbons (Fsp3) is 0.429. The van der Waals surface area contributed by atoms with Crippen molar-refractivity contribution in [3.8, 4) is 11.4 Å². The van der Waals surface area contributed by atoms with Crippen LogP contribution in [0.5, 0.6) is 0 Å². The van der Waals surface area contributed by atoms with Crippen molar-refractivity contribution >= 4 is 11.9 Å². The van der Waals surface area contributed by atoms with Crippen molar-refractivity contribution in [2.75, 3.05) is 7.05 Å². The van der Waals surface area contributed by atoms with E-state index in [2.05, 4.69) is 10.1 Å². The molecule has 0 unspecified atom stereocenters. The molecule has 0 atom stereocenters. The quantitative estimate of drug-likeness (QED) is 0.862. The summed E-state index contributed by atoms with van der Waals surface area (Å²) in [6.45, 7) is 2.94. The van der Waals surface area contributed by atoms with Crippen molar-refractivity contribution < 1.29 is 23.6 Å². The van der Waals surface area contributed by atoms with Gasteiger partial charge in [0.2, 0.25) is 17.6 Å². The zero-order valence-corrected chi connectivity index (χ0v) is 12.6. The number of hydrogen-bond donors (Lipinski definition) is 1. The standard InChI is InChI=1S/C14H17N3O5/c1-14(2,13(19)20)17(3)11(18)5-4-10-15-12(16-22-10)9-6-7-21-8-9/h6-8H,4-5H2,1-3H3,(H,19,20). The number of aliphatic carboxylic acids is 1. The lowest BCUT2D eigenvalue weighted by molar-refractivity contribution is -0.155. The van der Waals surface area contributed by atoms with Crippen LogP contribution in [0.25, 0.3) is 11.4 Å². The van der Waals surface area contributed by atoms with Gasteiger partial charge in [-0.3, -0.25) is 4.79 Å². The Hall–Kier alpha value is -2.64. The van der Waals surface area contributed by atoms with Crippen molar-refractivity contribution in [1.82, 2.24) is 15.0 Å². The summed E-state index contributed by atoms with van der Waals surface area (Å²) in [4.78, 5) is 28.5. The molecule has 2 aromatic rings. The predicted octanol–water partition coefficient (Wildman–Crippen LogP) is 1.58. The van der Waals surface area contributed by atoms with Crippen LogP contribution in [-0.4, -0.2) is 44.6 Å². The molecule has 1 N–H and O–H groups in total. The number of likely N-dealkylation sites (N-methyl/N-ethyl adjacent to an activating group) is 1. The number of nitrogens with zero attached hydrogens (tertiary/aromatic N) is 3. The number of aryl methyl sites for hydroxylation is 1. The van der Waals surface area contributed by atoms with Crippen LogP contribution >= 0.6 is 0 Å². The summed E-state index contributed by atoms with van der Waals surface area (Å²) in [5, 5.41) is 12.9. The Balaban J connectivity index is 1.96. The maximum atomic E-state index is 12.1. The Bertz CT molecular complexity index is 660. The molecule has 8 nitrogen and oxygen atoms in total. The van der Waals surface area contributed by atoms with E-state index in [1.54, 1.807) is 6.07 Å². The normalized spacial score (nSPS) is 11.4. The van der Waals surface area contributed by atoms with E-state index >= 15 is 0 Å². The second-order valence-electron chi connectivity index (χ2n) is 5.34. The van der Waals surface area contributed by atoms with E-state index in [0.717, 1.165) is 0 Å². The molecule has 0 aliphatic heterocycles. The first kappa shape index (κ1) is 15.7. The van der Waals surface area contributed by atoms with E-state index in [1.807, 2.05) is 0 Å². The first-order valence-electron chi connectivity index (χ1n) is 6.67. The van der Waals surface area contributed by atoms with Crippen LogP contribution in [0.1, 0.15) is 26.2 Å². The Morgan fingerprint density at radius 1 is 1.41 bits per heavy atom. The van der Waals surface area contributed by atoms with Gasteiger partial charge in [-0.05, 0) is 19.9 Å². The van der Waals surface area contributed by atoms with Crippen molar-refractivity contribution in [3.63, 3.8) is 0 Å². The molecule has 2 heterocycles. The molecular formula is C14H17N3O5. The fourth-order valence-electron chi connectivity index (χ4n) is 1.70. The molecule has 1 amide bonds. The van der Waals surface area contributed by atoms with Crippen molar-refractivity contribution in [1.29, 1.82) is 0 Å². The van der Waals surface area contributed by atoms with Crippen LogP contribution in [0.15, 0.2) is 27.5 Å². The zero-order chi connectivity index (χ0) is 16.3. The van der Waals surface area contributed by atoms with E-state index < -0.39 is 11.5 Å². The highest BCUT2D eigenvalue weighted by atomic mass is 16.5. The number of amides is 1. The van der Waals surface area contributed by atoms with Crippen LogP contribution in [0.4, 0.5) is 0 Å². The minimum absolute atomic E-state index is 0.0836. The number of rotatable bonds is 6. The molecule has 0 aromatic carbocycles. The van der Waals surface area contributed by atoms with E-state index in [4.69, 9.17) is 14.0 Å². The van der Waals surface area contributed by atoms with Crippen molar-refractivity contribution in [2.24, 2.45) is 0 Å². The predicted molar refractivity (Wildman–Crippen MR) is 74.8 cm³/mol. The molecule has 0 aliphatic rings. The van der Waals surface area contributed by atoms with E-state index in [9.17, 15) is 9.59 Å². The van der Waals surface area contributed by atoms with E-state index in [-0.39, 0.29) is 18.7 Å². The van der Waals surface area contributed by atoms with Gasteiger partial charge in [-0.15, -0.1) is 0 Å². The first-order chi connectivity index (χ1) is 10.3. The van der Waals surface area contributed by atoms with Crippen LogP contribution in [-0.2, 0) is 16.0 Å². The van der Waals surface area contributed by atoms with Crippen LogP contribution < -0.4 is 0 Å². The highest BCUT2D eigenvalue weighted by Gasteiger charge is 2.34. The molecule has 0 aliphatic carbocycles. The third-order valence-corrected chi connectivity index (χ3v) is 3.54. The highest BCUT2D eigenvalue weighted by Crippen LogP contribution is 2.17. The fourth-order valence-corrected chi connectivity index (χ4v) is 1.70. The van der Waals surface area contributed by atoms with Gasteiger partial charge in [0.1, 0.15) is 11.8 Å². The smallest absolute Gasteiger partial charge is 0.329 e. The number of furan rings is 1. The second kappa shape index (κ2) is 6.00. The van der Waals surface area contributed by atoms with Crippen molar-refractivity contribution in [3.05, 3.63) is 24.5 Å². The summed E-state index contributed by atoms with van der Waals surface area (Å²) in [5.74, 6) is -0.680. The number of hydrogen-bond acceptors (Lipinski definition) is 6. The molecule has 118 valence electrons. The third-order valence-electron chi connectivity index (χ3n) is 3.54. The summed E-state index contributed by atoms with van der Waals surface area (Å²) in [5.41, 5.74) is -0.584. The minimum atomic E-state index is -1.27. The average Bonchev–Trinajstić information content (AvgIpc) is 3.14. The molecule has 0 bridgehead atoms. The van der Waals surface area contributed by atoms with Gasteiger partial charge in [-0.1, -0.05) is 5.16 Å². The summed E-state index contributed by atoms with van der Waals surface area (Å²) < 4.78 is 9.99. The van der Waals surface area contributed by atoms with Gasteiger partial charge in [-0.25, -0.2) is 4.79 Å². The van der Waals surface area contributed by atoms with Gasteiger partial charge in [0, 0.05) is 19.9 Å². The van der Waals surface area contributed by atoms with Gasteiger partial charge in [0.25, 0.3) is 0 Å². The van der Waals surface area contributed by atoms with Crippen LogP contribution in [0.3, 0.4) is 0 Å². The summed E-state index contributed by atoms with van der Waals surface area (Å²) >= 11 is 0. The first-order valence-corrected chi connectivity index (χ1v) is 6.67. The van der Waals surface area contributed by atoms with Gasteiger partial charge in [0.15, 0.2) is 0 Å². The Kier molecular flexibility index (Phi) is 4.30. The maximum absolute atomic E-state index is 12.1. The molecule has 22 heavy (non-hydrogen) atoms. The molecule has 0 saturated heterocycles. The Morgan fingerprint density at radius 2 is 2.14 bits per heavy atom. The van der Waals surface area contributed by atoms with Gasteiger partial charge < -0.3 is 18.9 Å². The second-order valence-corrected chi connectivity index (χ2v) is 5.34. The number of carbonyl (C=O) groups is 2. The zero-order valence-electron chi connectivity index (χ0n) is 12.6. The molecule has 0 spiro atoms. The Labute approximate surface area is 126 Å². The van der Waals surface area contributed by atoms with E-state index in [1.165, 1.54) is 38.3 Å². The average molecular weight is 307 g/mol. The SMILES string of the molecule is CN(C(=O)CCc1nc(-c2ccoc2)no1)C(C)(C)C(=O)O. The summed E-state index contributed by atoms with van der Waals surface area (Å²) in [7, 11) is 1.46. The molecule has 8 heteroatoms. The molecular weight excluding hydrogens is 290 g/mol. The largest absolute Gasteiger partial charge is 0.480 e.